The SMILES string of the molecule is [2H][C@@](CC)(NC(=O)c1ccccc1)C(=O)OCC. The minimum atomic E-state index is -1.73. The zero-order valence-corrected chi connectivity index (χ0v) is 10.0. The van der Waals surface area contributed by atoms with Crippen LogP contribution < -0.4 is 5.32 Å². The Labute approximate surface area is 102 Å². The molecule has 0 aliphatic rings. The highest BCUT2D eigenvalue weighted by molar-refractivity contribution is 5.96. The Bertz CT molecular complexity index is 422. The highest BCUT2D eigenvalue weighted by Crippen LogP contribution is 2.01. The number of hydrogen-bond donors (Lipinski definition) is 1. The summed E-state index contributed by atoms with van der Waals surface area (Å²) in [5.74, 6) is -1.20. The molecule has 0 spiro atoms. The van der Waals surface area contributed by atoms with Crippen LogP contribution in [-0.2, 0) is 9.53 Å². The topological polar surface area (TPSA) is 55.4 Å². The third-order valence-corrected chi connectivity index (χ3v) is 2.18. The van der Waals surface area contributed by atoms with Crippen LogP contribution in [0.4, 0.5) is 0 Å². The molecule has 0 bridgehead atoms. The summed E-state index contributed by atoms with van der Waals surface area (Å²) in [4.78, 5) is 23.5. The van der Waals surface area contributed by atoms with Gasteiger partial charge in [-0.15, -0.1) is 0 Å². The van der Waals surface area contributed by atoms with Crippen molar-refractivity contribution >= 4 is 11.9 Å². The van der Waals surface area contributed by atoms with Crippen molar-refractivity contribution in [1.29, 1.82) is 0 Å². The van der Waals surface area contributed by atoms with E-state index >= 15 is 0 Å². The maximum Gasteiger partial charge on any atom is 0.328 e. The summed E-state index contributed by atoms with van der Waals surface area (Å²) in [5, 5.41) is 2.40. The van der Waals surface area contributed by atoms with E-state index in [1.165, 1.54) is 0 Å². The monoisotopic (exact) mass is 236 g/mol. The molecule has 1 aromatic carbocycles. The first-order valence-electron chi connectivity index (χ1n) is 6.08. The first kappa shape index (κ1) is 11.6. The molecule has 1 amide bonds. The molecule has 0 radical (unpaired) electrons. The Kier molecular flexibility index (Phi) is 4.57. The Balaban J connectivity index is 2.80. The second kappa shape index (κ2) is 6.68. The van der Waals surface area contributed by atoms with Gasteiger partial charge >= 0.3 is 5.97 Å². The van der Waals surface area contributed by atoms with E-state index in [1.54, 1.807) is 44.2 Å². The van der Waals surface area contributed by atoms with Crippen molar-refractivity contribution in [3.8, 4) is 0 Å². The Morgan fingerprint density at radius 2 is 2.00 bits per heavy atom. The lowest BCUT2D eigenvalue weighted by Gasteiger charge is -2.15. The second-order valence-corrected chi connectivity index (χ2v) is 3.37. The lowest BCUT2D eigenvalue weighted by atomic mass is 10.1. The van der Waals surface area contributed by atoms with E-state index in [0.717, 1.165) is 0 Å². The third-order valence-electron chi connectivity index (χ3n) is 2.18. The zero-order chi connectivity index (χ0) is 13.6. The van der Waals surface area contributed by atoms with E-state index in [9.17, 15) is 9.59 Å². The Morgan fingerprint density at radius 3 is 2.53 bits per heavy atom. The van der Waals surface area contributed by atoms with Gasteiger partial charge in [0.2, 0.25) is 0 Å². The molecule has 0 saturated heterocycles. The molecule has 1 aromatic rings. The van der Waals surface area contributed by atoms with Crippen LogP contribution in [0.15, 0.2) is 30.3 Å². The predicted molar refractivity (Wildman–Crippen MR) is 64.6 cm³/mol. The maximum atomic E-state index is 11.9. The number of esters is 1. The fourth-order valence-electron chi connectivity index (χ4n) is 1.30. The number of rotatable bonds is 5. The average molecular weight is 236 g/mol. The minimum Gasteiger partial charge on any atom is -0.464 e. The molecule has 17 heavy (non-hydrogen) atoms. The fraction of sp³-hybridized carbons (Fsp3) is 0.385. The summed E-state index contributed by atoms with van der Waals surface area (Å²) >= 11 is 0. The Morgan fingerprint density at radius 1 is 1.35 bits per heavy atom. The van der Waals surface area contributed by atoms with Crippen LogP contribution in [0.5, 0.6) is 0 Å². The molecule has 1 N–H and O–H groups in total. The van der Waals surface area contributed by atoms with Crippen molar-refractivity contribution in [3.05, 3.63) is 35.9 Å². The molecule has 1 rings (SSSR count). The number of nitrogens with one attached hydrogen (secondary N) is 1. The standard InChI is InChI=1S/C13H17NO3/c1-3-11(13(16)17-4-2)14-12(15)10-8-6-5-7-9-10/h5-9,11H,3-4H2,1-2H3,(H,14,15)/t11-/m0/s1/i11D. The van der Waals surface area contributed by atoms with E-state index in [0.29, 0.717) is 5.56 Å². The van der Waals surface area contributed by atoms with Crippen molar-refractivity contribution in [3.63, 3.8) is 0 Å². The van der Waals surface area contributed by atoms with Gasteiger partial charge < -0.3 is 10.1 Å². The van der Waals surface area contributed by atoms with Crippen LogP contribution in [0.3, 0.4) is 0 Å². The van der Waals surface area contributed by atoms with E-state index < -0.39 is 17.9 Å². The Hall–Kier alpha value is -1.84. The molecular formula is C13H17NO3. The van der Waals surface area contributed by atoms with Gasteiger partial charge in [-0.05, 0) is 25.5 Å². The quantitative estimate of drug-likeness (QED) is 0.792. The van der Waals surface area contributed by atoms with Crippen LogP contribution in [0.1, 0.15) is 32.0 Å². The molecule has 0 saturated carbocycles. The van der Waals surface area contributed by atoms with Gasteiger partial charge in [-0.1, -0.05) is 25.1 Å². The molecule has 0 aromatic heterocycles. The highest BCUT2D eigenvalue weighted by atomic mass is 16.5. The van der Waals surface area contributed by atoms with Gasteiger partial charge in [-0.2, -0.15) is 0 Å². The fourth-order valence-corrected chi connectivity index (χ4v) is 1.30. The van der Waals surface area contributed by atoms with E-state index in [-0.39, 0.29) is 13.0 Å². The summed E-state index contributed by atoms with van der Waals surface area (Å²) in [6.07, 6.45) is 0.143. The van der Waals surface area contributed by atoms with Crippen molar-refractivity contribution in [1.82, 2.24) is 5.32 Å². The largest absolute Gasteiger partial charge is 0.464 e. The minimum absolute atomic E-state index is 0.143. The van der Waals surface area contributed by atoms with Gasteiger partial charge in [0.1, 0.15) is 6.02 Å². The van der Waals surface area contributed by atoms with Crippen LogP contribution in [0, 0.1) is 0 Å². The molecule has 92 valence electrons. The lowest BCUT2D eigenvalue weighted by Crippen LogP contribution is -2.41. The first-order valence-corrected chi connectivity index (χ1v) is 5.58. The third kappa shape index (κ3) is 3.90. The number of carbonyl (C=O) groups excluding carboxylic acids is 2. The van der Waals surface area contributed by atoms with Crippen LogP contribution in [0.25, 0.3) is 0 Å². The molecule has 1 atom stereocenters. The number of ether oxygens (including phenoxy) is 1. The highest BCUT2D eigenvalue weighted by Gasteiger charge is 2.20. The number of amides is 1. The predicted octanol–water partition coefficient (Wildman–Crippen LogP) is 1.76. The molecule has 0 unspecified atom stereocenters. The number of benzene rings is 1. The van der Waals surface area contributed by atoms with E-state index in [1.807, 2.05) is 0 Å². The van der Waals surface area contributed by atoms with Gasteiger partial charge in [0, 0.05) is 5.56 Å². The normalized spacial score (nSPS) is 14.4. The van der Waals surface area contributed by atoms with Gasteiger partial charge in [0.15, 0.2) is 0 Å². The van der Waals surface area contributed by atoms with Gasteiger partial charge in [-0.25, -0.2) is 4.79 Å². The van der Waals surface area contributed by atoms with Crippen molar-refractivity contribution < 1.29 is 15.7 Å². The molecule has 0 heterocycles. The molecule has 0 fully saturated rings. The lowest BCUT2D eigenvalue weighted by molar-refractivity contribution is -0.145. The van der Waals surface area contributed by atoms with Gasteiger partial charge in [0.05, 0.1) is 7.98 Å². The molecule has 4 heteroatoms. The van der Waals surface area contributed by atoms with Gasteiger partial charge in [0.25, 0.3) is 5.91 Å². The van der Waals surface area contributed by atoms with Crippen LogP contribution >= 0.6 is 0 Å². The summed E-state index contributed by atoms with van der Waals surface area (Å²) in [6, 6.07) is 6.74. The van der Waals surface area contributed by atoms with Crippen molar-refractivity contribution in [2.45, 2.75) is 26.3 Å². The molecular weight excluding hydrogens is 218 g/mol. The van der Waals surface area contributed by atoms with Gasteiger partial charge in [-0.3, -0.25) is 4.79 Å². The van der Waals surface area contributed by atoms with Crippen molar-refractivity contribution in [2.24, 2.45) is 0 Å². The summed E-state index contributed by atoms with van der Waals surface area (Å²) < 4.78 is 12.7. The van der Waals surface area contributed by atoms with E-state index in [2.05, 4.69) is 5.32 Å². The van der Waals surface area contributed by atoms with Crippen LogP contribution in [-0.4, -0.2) is 24.5 Å². The molecule has 0 aliphatic carbocycles. The summed E-state index contributed by atoms with van der Waals surface area (Å²) in [6.45, 7) is 3.49. The first-order chi connectivity index (χ1) is 8.53. The van der Waals surface area contributed by atoms with Crippen molar-refractivity contribution in [2.75, 3.05) is 6.61 Å². The zero-order valence-electron chi connectivity index (χ0n) is 11.0. The van der Waals surface area contributed by atoms with E-state index in [4.69, 9.17) is 6.11 Å². The maximum absolute atomic E-state index is 11.9. The molecule has 4 nitrogen and oxygen atoms in total. The number of hydrogen-bond acceptors (Lipinski definition) is 3. The number of carbonyl (C=O) groups is 2. The molecule has 0 aliphatic heterocycles. The average Bonchev–Trinajstić information content (AvgIpc) is 2.39. The smallest absolute Gasteiger partial charge is 0.328 e. The summed E-state index contributed by atoms with van der Waals surface area (Å²) in [5.41, 5.74) is 0.409. The second-order valence-electron chi connectivity index (χ2n) is 3.37. The van der Waals surface area contributed by atoms with Crippen LogP contribution in [0.2, 0.25) is 0 Å². The summed E-state index contributed by atoms with van der Waals surface area (Å²) in [7, 11) is 0.